The molecule has 0 aliphatic heterocycles. The van der Waals surface area contributed by atoms with Gasteiger partial charge in [-0.3, -0.25) is 9.52 Å². The molecule has 0 atom stereocenters. The summed E-state index contributed by atoms with van der Waals surface area (Å²) in [6.45, 7) is 0. The zero-order valence-corrected chi connectivity index (χ0v) is 20.2. The lowest BCUT2D eigenvalue weighted by atomic mass is 10.0. The van der Waals surface area contributed by atoms with Gasteiger partial charge in [-0.15, -0.1) is 0 Å². The molecule has 34 heavy (non-hydrogen) atoms. The molecule has 1 heterocycles. The minimum Gasteiger partial charge on any atom is -0.495 e. The first-order valence-electron chi connectivity index (χ1n) is 10.6. The van der Waals surface area contributed by atoms with Crippen LogP contribution in [0.15, 0.2) is 48.7 Å². The Bertz CT molecular complexity index is 1330. The van der Waals surface area contributed by atoms with Crippen LogP contribution in [0.2, 0.25) is 5.02 Å². The van der Waals surface area contributed by atoms with Gasteiger partial charge in [-0.1, -0.05) is 23.7 Å². The zero-order valence-electron chi connectivity index (χ0n) is 18.6. The number of nitrogens with zero attached hydrogens (tertiary/aromatic N) is 2. The number of sulfonamides is 1. The van der Waals surface area contributed by atoms with Crippen LogP contribution < -0.4 is 20.1 Å². The summed E-state index contributed by atoms with van der Waals surface area (Å²) in [6, 6.07) is 12.0. The maximum absolute atomic E-state index is 12.6. The highest BCUT2D eigenvalue weighted by Gasteiger charge is 2.25. The third-order valence-corrected chi connectivity index (χ3v) is 6.03. The fourth-order valence-electron chi connectivity index (χ4n) is 3.33. The molecule has 1 aliphatic carbocycles. The third-order valence-electron chi connectivity index (χ3n) is 5.16. The molecule has 11 heteroatoms. The van der Waals surface area contributed by atoms with Crippen LogP contribution in [0, 0.1) is 5.92 Å². The average molecular weight is 502 g/mol. The maximum atomic E-state index is 12.6. The number of hydrogen-bond acceptors (Lipinski definition) is 8. The molecule has 0 spiro atoms. The maximum Gasteiger partial charge on any atom is 0.229 e. The lowest BCUT2D eigenvalue weighted by molar-refractivity contribution is 0.0976. The van der Waals surface area contributed by atoms with E-state index >= 15 is 0 Å². The fourth-order valence-corrected chi connectivity index (χ4v) is 4.04. The quantitative estimate of drug-likeness (QED) is 0.332. The van der Waals surface area contributed by atoms with Crippen molar-refractivity contribution in [3.05, 3.63) is 59.2 Å². The predicted octanol–water partition coefficient (Wildman–Crippen LogP) is 4.98. The summed E-state index contributed by atoms with van der Waals surface area (Å²) < 4.78 is 31.3. The normalized spacial score (nSPS) is 13.3. The molecule has 0 saturated heterocycles. The molecule has 1 fully saturated rings. The van der Waals surface area contributed by atoms with Crippen molar-refractivity contribution >= 4 is 56.2 Å². The number of benzene rings is 2. The van der Waals surface area contributed by atoms with Crippen LogP contribution in [0.5, 0.6) is 5.75 Å². The second-order valence-electron chi connectivity index (χ2n) is 8.05. The third kappa shape index (κ3) is 6.15. The van der Waals surface area contributed by atoms with Gasteiger partial charge in [-0.05, 0) is 49.1 Å². The molecule has 4 rings (SSSR count). The SMILES string of the molecule is COc1ccc(C(=O)CC2CC2)cc1Nc1ncc(Cl)c(Nc2ccccc2NS(C)(=O)=O)n1. The molecule has 9 nitrogen and oxygen atoms in total. The van der Waals surface area contributed by atoms with E-state index in [0.29, 0.717) is 40.7 Å². The lowest BCUT2D eigenvalue weighted by Gasteiger charge is -2.15. The summed E-state index contributed by atoms with van der Waals surface area (Å²) in [5.74, 6) is 1.58. The Morgan fingerprint density at radius 3 is 2.53 bits per heavy atom. The van der Waals surface area contributed by atoms with Gasteiger partial charge in [0.15, 0.2) is 11.6 Å². The summed E-state index contributed by atoms with van der Waals surface area (Å²) in [6.07, 6.45) is 5.23. The van der Waals surface area contributed by atoms with Gasteiger partial charge in [-0.2, -0.15) is 4.98 Å². The molecule has 3 N–H and O–H groups in total. The number of rotatable bonds is 10. The summed E-state index contributed by atoms with van der Waals surface area (Å²) in [5.41, 5.74) is 1.93. The topological polar surface area (TPSA) is 122 Å². The van der Waals surface area contributed by atoms with Crippen molar-refractivity contribution in [2.75, 3.05) is 28.7 Å². The first-order chi connectivity index (χ1) is 16.2. The Labute approximate surface area is 203 Å². The molecule has 3 aromatic rings. The van der Waals surface area contributed by atoms with E-state index in [4.69, 9.17) is 16.3 Å². The molecule has 0 radical (unpaired) electrons. The van der Waals surface area contributed by atoms with E-state index in [0.717, 1.165) is 19.1 Å². The van der Waals surface area contributed by atoms with Crippen LogP contribution in [0.4, 0.5) is 28.8 Å². The van der Waals surface area contributed by atoms with Crippen LogP contribution in [-0.2, 0) is 10.0 Å². The molecule has 1 saturated carbocycles. The first kappa shape index (κ1) is 23.8. The van der Waals surface area contributed by atoms with Gasteiger partial charge < -0.3 is 15.4 Å². The highest BCUT2D eigenvalue weighted by Crippen LogP contribution is 2.35. The Hall–Kier alpha value is -3.37. The Morgan fingerprint density at radius 1 is 1.12 bits per heavy atom. The molecule has 1 aliphatic rings. The van der Waals surface area contributed by atoms with Gasteiger partial charge in [0, 0.05) is 12.0 Å². The van der Waals surface area contributed by atoms with E-state index in [2.05, 4.69) is 25.3 Å². The van der Waals surface area contributed by atoms with Crippen molar-refractivity contribution in [1.29, 1.82) is 0 Å². The fraction of sp³-hybridized carbons (Fsp3) is 0.261. The number of halogens is 1. The number of nitrogens with one attached hydrogen (secondary N) is 3. The van der Waals surface area contributed by atoms with Crippen molar-refractivity contribution in [3.63, 3.8) is 0 Å². The highest BCUT2D eigenvalue weighted by molar-refractivity contribution is 7.92. The number of carbonyl (C=O) groups is 1. The number of anilines is 5. The minimum atomic E-state index is -3.48. The molecular weight excluding hydrogens is 478 g/mol. The second kappa shape index (κ2) is 9.86. The molecular formula is C23H24ClN5O4S. The Morgan fingerprint density at radius 2 is 1.85 bits per heavy atom. The van der Waals surface area contributed by atoms with Crippen molar-refractivity contribution in [2.24, 2.45) is 5.92 Å². The summed E-state index contributed by atoms with van der Waals surface area (Å²) in [4.78, 5) is 21.2. The standard InChI is InChI=1S/C23H24ClN5O4S/c1-33-21-10-9-15(20(30)11-14-7-8-14)12-19(21)27-23-25-13-16(24)22(28-23)26-17-5-3-4-6-18(17)29-34(2,31)32/h3-6,9-10,12-14,29H,7-8,11H2,1-2H3,(H2,25,26,27,28). The average Bonchev–Trinajstić information content (AvgIpc) is 3.60. The molecule has 2 aromatic carbocycles. The van der Waals surface area contributed by atoms with Crippen molar-refractivity contribution in [3.8, 4) is 5.75 Å². The second-order valence-corrected chi connectivity index (χ2v) is 10.2. The van der Waals surface area contributed by atoms with E-state index in [-0.39, 0.29) is 22.6 Å². The lowest BCUT2D eigenvalue weighted by Crippen LogP contribution is -2.11. The summed E-state index contributed by atoms with van der Waals surface area (Å²) in [7, 11) is -1.95. The number of Topliss-reactive ketones (excluding diaryl/α,β-unsaturated/α-hetero) is 1. The van der Waals surface area contributed by atoms with E-state index in [9.17, 15) is 13.2 Å². The van der Waals surface area contributed by atoms with Crippen LogP contribution in [-0.4, -0.2) is 37.5 Å². The number of methoxy groups -OCH3 is 1. The number of ketones is 1. The van der Waals surface area contributed by atoms with E-state index < -0.39 is 10.0 Å². The van der Waals surface area contributed by atoms with E-state index in [1.807, 2.05) is 0 Å². The van der Waals surface area contributed by atoms with Crippen LogP contribution in [0.3, 0.4) is 0 Å². The van der Waals surface area contributed by atoms with Gasteiger partial charge in [-0.25, -0.2) is 13.4 Å². The van der Waals surface area contributed by atoms with Gasteiger partial charge in [0.25, 0.3) is 0 Å². The number of para-hydroxylation sites is 2. The zero-order chi connectivity index (χ0) is 24.3. The molecule has 1 aromatic heterocycles. The van der Waals surface area contributed by atoms with E-state index in [1.54, 1.807) is 42.5 Å². The van der Waals surface area contributed by atoms with Crippen LogP contribution in [0.1, 0.15) is 29.6 Å². The van der Waals surface area contributed by atoms with Gasteiger partial charge >= 0.3 is 0 Å². The minimum absolute atomic E-state index is 0.0857. The van der Waals surface area contributed by atoms with Crippen molar-refractivity contribution in [1.82, 2.24) is 9.97 Å². The Balaban J connectivity index is 1.59. The monoisotopic (exact) mass is 501 g/mol. The molecule has 0 amide bonds. The first-order valence-corrected chi connectivity index (χ1v) is 12.8. The summed E-state index contributed by atoms with van der Waals surface area (Å²) >= 11 is 6.29. The number of aromatic nitrogens is 2. The van der Waals surface area contributed by atoms with Gasteiger partial charge in [0.2, 0.25) is 16.0 Å². The van der Waals surface area contributed by atoms with Gasteiger partial charge in [0.1, 0.15) is 10.8 Å². The number of hydrogen-bond donors (Lipinski definition) is 3. The largest absolute Gasteiger partial charge is 0.495 e. The molecule has 0 bridgehead atoms. The van der Waals surface area contributed by atoms with Crippen molar-refractivity contribution in [2.45, 2.75) is 19.3 Å². The number of carbonyl (C=O) groups excluding carboxylic acids is 1. The smallest absolute Gasteiger partial charge is 0.229 e. The van der Waals surface area contributed by atoms with Gasteiger partial charge in [0.05, 0.1) is 36.6 Å². The molecule has 0 unspecified atom stereocenters. The van der Waals surface area contributed by atoms with Crippen LogP contribution >= 0.6 is 11.6 Å². The highest BCUT2D eigenvalue weighted by atomic mass is 35.5. The Kier molecular flexibility index (Phi) is 6.90. The number of ether oxygens (including phenoxy) is 1. The van der Waals surface area contributed by atoms with Crippen molar-refractivity contribution < 1.29 is 17.9 Å². The van der Waals surface area contributed by atoms with E-state index in [1.165, 1.54) is 13.3 Å². The molecule has 178 valence electrons. The van der Waals surface area contributed by atoms with Crippen LogP contribution in [0.25, 0.3) is 0 Å². The summed E-state index contributed by atoms with van der Waals surface area (Å²) in [5, 5.41) is 6.36. The predicted molar refractivity (Wildman–Crippen MR) is 133 cm³/mol.